The minimum Gasteiger partial charge on any atom is -0.394 e. The van der Waals surface area contributed by atoms with Gasteiger partial charge in [0.15, 0.2) is 12.6 Å². The van der Waals surface area contributed by atoms with Gasteiger partial charge in [0, 0.05) is 7.11 Å². The zero-order valence-corrected chi connectivity index (χ0v) is 19.5. The van der Waals surface area contributed by atoms with Crippen LogP contribution in [-0.2, 0) is 32.6 Å². The van der Waals surface area contributed by atoms with E-state index in [9.17, 15) is 45.2 Å². The summed E-state index contributed by atoms with van der Waals surface area (Å²) in [6.07, 6.45) is -15.4. The Hall–Kier alpha value is -0.370. The predicted molar refractivity (Wildman–Crippen MR) is 108 cm³/mol. The molecule has 0 saturated carbocycles. The molecule has 1 saturated heterocycles. The quantitative estimate of drug-likeness (QED) is 0.0677. The van der Waals surface area contributed by atoms with Gasteiger partial charge in [-0.25, -0.2) is 4.57 Å². The standard InChI is InChI=1S/C17H35O16P/c1-8(30-17-15(25)14(24)13(23)12(6-21)32-17)11(5-20)31-16(10(22)4-19)33-34(26,27)29-7-9(3-18)28-2/h8-25H,3-7H2,1-2H3,(H,26,27)/t8-,9?,10-,11?,12?,13+,14-,15?,16?,17-/m0/s1. The highest BCUT2D eigenvalue weighted by molar-refractivity contribution is 7.47. The summed E-state index contributed by atoms with van der Waals surface area (Å²) in [4.78, 5) is 9.88. The zero-order chi connectivity index (χ0) is 26.1. The Balaban J connectivity index is 2.86. The number of ether oxygens (including phenoxy) is 4. The topological polar surface area (TPSA) is 255 Å². The number of hydrogen-bond donors (Lipinski definition) is 9. The monoisotopic (exact) mass is 526 g/mol. The van der Waals surface area contributed by atoms with Gasteiger partial charge in [-0.3, -0.25) is 9.05 Å². The molecule has 11 atom stereocenters. The van der Waals surface area contributed by atoms with Crippen molar-refractivity contribution in [3.63, 3.8) is 0 Å². The minimum absolute atomic E-state index is 0.533. The summed E-state index contributed by atoms with van der Waals surface area (Å²) in [6.45, 7) is -2.29. The van der Waals surface area contributed by atoms with Crippen LogP contribution in [0.5, 0.6) is 0 Å². The number of hydrogen-bond acceptors (Lipinski definition) is 15. The molecule has 0 amide bonds. The average Bonchev–Trinajstić information content (AvgIpc) is 2.81. The molecule has 204 valence electrons. The van der Waals surface area contributed by atoms with Crippen molar-refractivity contribution in [3.05, 3.63) is 0 Å². The van der Waals surface area contributed by atoms with Crippen LogP contribution in [0, 0.1) is 0 Å². The van der Waals surface area contributed by atoms with E-state index < -0.39 is 102 Å². The van der Waals surface area contributed by atoms with Crippen LogP contribution in [0.1, 0.15) is 6.92 Å². The largest absolute Gasteiger partial charge is 0.474 e. The molecule has 0 aliphatic carbocycles. The molecule has 17 heteroatoms. The molecule has 1 heterocycles. The van der Waals surface area contributed by atoms with E-state index in [0.717, 1.165) is 0 Å². The van der Waals surface area contributed by atoms with E-state index in [2.05, 4.69) is 4.52 Å². The van der Waals surface area contributed by atoms with E-state index >= 15 is 0 Å². The van der Waals surface area contributed by atoms with E-state index in [1.165, 1.54) is 14.0 Å². The molecule has 0 aromatic rings. The first-order valence-electron chi connectivity index (χ1n) is 10.2. The molecule has 1 aliphatic heterocycles. The second kappa shape index (κ2) is 15.0. The third-order valence-corrected chi connectivity index (χ3v) is 5.86. The van der Waals surface area contributed by atoms with Crippen molar-refractivity contribution in [1.82, 2.24) is 0 Å². The maximum atomic E-state index is 12.2. The summed E-state index contributed by atoms with van der Waals surface area (Å²) in [5.74, 6) is 0. The molecule has 0 radical (unpaired) electrons. The number of rotatable bonds is 16. The third-order valence-electron chi connectivity index (χ3n) is 4.91. The average molecular weight is 526 g/mol. The summed E-state index contributed by atoms with van der Waals surface area (Å²) in [5, 5.41) is 76.9. The lowest BCUT2D eigenvalue weighted by Gasteiger charge is -2.41. The van der Waals surface area contributed by atoms with Crippen molar-refractivity contribution >= 4 is 7.82 Å². The van der Waals surface area contributed by atoms with Crippen molar-refractivity contribution in [1.29, 1.82) is 0 Å². The van der Waals surface area contributed by atoms with E-state index in [-0.39, 0.29) is 0 Å². The fourth-order valence-corrected chi connectivity index (χ4v) is 3.63. The van der Waals surface area contributed by atoms with Crippen LogP contribution >= 0.6 is 7.82 Å². The number of methoxy groups -OCH3 is 1. The van der Waals surface area contributed by atoms with Crippen LogP contribution in [0.15, 0.2) is 0 Å². The van der Waals surface area contributed by atoms with Crippen LogP contribution in [0.2, 0.25) is 0 Å². The lowest BCUT2D eigenvalue weighted by atomic mass is 9.99. The van der Waals surface area contributed by atoms with Crippen LogP contribution in [0.3, 0.4) is 0 Å². The van der Waals surface area contributed by atoms with Crippen LogP contribution in [-0.4, -0.2) is 147 Å². The van der Waals surface area contributed by atoms with Gasteiger partial charge in [-0.05, 0) is 6.92 Å². The molecule has 9 N–H and O–H groups in total. The first-order valence-corrected chi connectivity index (χ1v) is 11.7. The van der Waals surface area contributed by atoms with Crippen LogP contribution in [0.4, 0.5) is 0 Å². The molecule has 0 spiro atoms. The lowest BCUT2D eigenvalue weighted by molar-refractivity contribution is -0.322. The Morgan fingerprint density at radius 3 is 2.15 bits per heavy atom. The molecule has 1 fully saturated rings. The zero-order valence-electron chi connectivity index (χ0n) is 18.6. The second-order valence-electron chi connectivity index (χ2n) is 7.42. The van der Waals surface area contributed by atoms with Crippen LogP contribution in [0.25, 0.3) is 0 Å². The highest BCUT2D eigenvalue weighted by Crippen LogP contribution is 2.45. The Morgan fingerprint density at radius 1 is 1.00 bits per heavy atom. The molecule has 34 heavy (non-hydrogen) atoms. The summed E-state index contributed by atoms with van der Waals surface area (Å²) in [5.41, 5.74) is 0. The summed E-state index contributed by atoms with van der Waals surface area (Å²) < 4.78 is 42.3. The summed E-state index contributed by atoms with van der Waals surface area (Å²) in [7, 11) is -3.71. The number of phosphoric ester groups is 1. The molecular formula is C17H35O16P. The number of aliphatic hydroxyl groups excluding tert-OH is 8. The predicted octanol–water partition coefficient (Wildman–Crippen LogP) is -4.61. The molecule has 0 bridgehead atoms. The fourth-order valence-electron chi connectivity index (χ4n) is 2.76. The van der Waals surface area contributed by atoms with Crippen molar-refractivity contribution in [2.45, 2.75) is 68.3 Å². The van der Waals surface area contributed by atoms with Gasteiger partial charge in [0.05, 0.1) is 39.1 Å². The molecule has 6 unspecified atom stereocenters. The van der Waals surface area contributed by atoms with Gasteiger partial charge >= 0.3 is 7.82 Å². The number of phosphoric acid groups is 1. The maximum absolute atomic E-state index is 12.2. The van der Waals surface area contributed by atoms with Gasteiger partial charge < -0.3 is 64.7 Å². The van der Waals surface area contributed by atoms with Gasteiger partial charge in [0.1, 0.15) is 42.7 Å². The van der Waals surface area contributed by atoms with Gasteiger partial charge in [0.2, 0.25) is 0 Å². The second-order valence-corrected chi connectivity index (χ2v) is 8.83. The Bertz CT molecular complexity index is 606. The van der Waals surface area contributed by atoms with Gasteiger partial charge in [-0.15, -0.1) is 0 Å². The minimum atomic E-state index is -4.93. The first-order chi connectivity index (χ1) is 15.9. The van der Waals surface area contributed by atoms with E-state index in [4.69, 9.17) is 28.6 Å². The maximum Gasteiger partial charge on any atom is 0.474 e. The fraction of sp³-hybridized carbons (Fsp3) is 1.00. The summed E-state index contributed by atoms with van der Waals surface area (Å²) >= 11 is 0. The SMILES string of the molecule is COC(CO)COP(=O)(O)OC(OC(CO)[C@H](C)O[C@H]1OC(CO)[C@@H](O)[C@H](O)C1O)[C@@H](O)CO. The molecule has 0 aromatic carbocycles. The van der Waals surface area contributed by atoms with Crippen molar-refractivity contribution in [2.75, 3.05) is 40.1 Å². The van der Waals surface area contributed by atoms with Gasteiger partial charge in [-0.2, -0.15) is 0 Å². The van der Waals surface area contributed by atoms with Crippen molar-refractivity contribution < 1.29 is 78.3 Å². The van der Waals surface area contributed by atoms with Crippen molar-refractivity contribution in [3.8, 4) is 0 Å². The Morgan fingerprint density at radius 2 is 1.65 bits per heavy atom. The highest BCUT2D eigenvalue weighted by Gasteiger charge is 2.45. The lowest BCUT2D eigenvalue weighted by Crippen LogP contribution is -2.60. The van der Waals surface area contributed by atoms with E-state index in [1.54, 1.807) is 0 Å². The normalized spacial score (nSPS) is 31.9. The van der Waals surface area contributed by atoms with Crippen molar-refractivity contribution in [2.24, 2.45) is 0 Å². The third kappa shape index (κ3) is 9.25. The van der Waals surface area contributed by atoms with E-state index in [1.807, 2.05) is 0 Å². The Kier molecular flexibility index (Phi) is 14.0. The number of aliphatic hydroxyl groups is 8. The first kappa shape index (κ1) is 31.7. The Labute approximate surface area is 195 Å². The molecule has 16 nitrogen and oxygen atoms in total. The van der Waals surface area contributed by atoms with Gasteiger partial charge in [0.25, 0.3) is 0 Å². The van der Waals surface area contributed by atoms with Crippen LogP contribution < -0.4 is 0 Å². The van der Waals surface area contributed by atoms with Gasteiger partial charge in [-0.1, -0.05) is 0 Å². The molecular weight excluding hydrogens is 491 g/mol. The smallest absolute Gasteiger partial charge is 0.394 e. The molecule has 1 rings (SSSR count). The molecule has 0 aromatic heterocycles. The highest BCUT2D eigenvalue weighted by atomic mass is 31.2. The summed E-state index contributed by atoms with van der Waals surface area (Å²) in [6, 6.07) is 0. The molecule has 1 aliphatic rings. The van der Waals surface area contributed by atoms with E-state index in [0.29, 0.717) is 0 Å².